The summed E-state index contributed by atoms with van der Waals surface area (Å²) >= 11 is 0. The highest BCUT2D eigenvalue weighted by Crippen LogP contribution is 2.20. The summed E-state index contributed by atoms with van der Waals surface area (Å²) in [5.41, 5.74) is 1.53. The number of benzene rings is 1. The predicted molar refractivity (Wildman–Crippen MR) is 80.8 cm³/mol. The lowest BCUT2D eigenvalue weighted by Crippen LogP contribution is -2.37. The fourth-order valence-electron chi connectivity index (χ4n) is 2.11. The van der Waals surface area contributed by atoms with Gasteiger partial charge in [-0.1, -0.05) is 6.07 Å². The molecule has 0 heterocycles. The number of rotatable bonds is 7. The van der Waals surface area contributed by atoms with Gasteiger partial charge in [-0.15, -0.1) is 0 Å². The molecule has 0 atom stereocenters. The van der Waals surface area contributed by atoms with E-state index in [0.29, 0.717) is 24.3 Å². The molecule has 1 rings (SSSR count). The molecule has 1 N–H and O–H groups in total. The number of hydrogen-bond acceptors (Lipinski definition) is 3. The Morgan fingerprint density at radius 2 is 2.00 bits per heavy atom. The van der Waals surface area contributed by atoms with Gasteiger partial charge in [0.25, 0.3) is 5.91 Å². The summed E-state index contributed by atoms with van der Waals surface area (Å²) in [6, 6.07) is 5.36. The van der Waals surface area contributed by atoms with Crippen molar-refractivity contribution in [2.24, 2.45) is 0 Å². The normalized spacial score (nSPS) is 10.5. The smallest absolute Gasteiger partial charge is 0.303 e. The van der Waals surface area contributed by atoms with Gasteiger partial charge in [0.05, 0.1) is 7.11 Å². The number of methoxy groups -OCH3 is 1. The number of nitrogens with zero attached hydrogens (tertiary/aromatic N) is 1. The molecular weight excluding hydrogens is 270 g/mol. The second-order valence-electron chi connectivity index (χ2n) is 5.27. The summed E-state index contributed by atoms with van der Waals surface area (Å²) in [7, 11) is 1.57. The van der Waals surface area contributed by atoms with E-state index in [-0.39, 0.29) is 18.4 Å². The summed E-state index contributed by atoms with van der Waals surface area (Å²) in [4.78, 5) is 24.8. The molecule has 0 aliphatic heterocycles. The summed E-state index contributed by atoms with van der Waals surface area (Å²) in [5, 5.41) is 8.70. The highest BCUT2D eigenvalue weighted by Gasteiger charge is 2.19. The van der Waals surface area contributed by atoms with E-state index in [0.717, 1.165) is 5.56 Å². The number of hydrogen-bond donors (Lipinski definition) is 1. The lowest BCUT2D eigenvalue weighted by Gasteiger charge is -2.27. The molecule has 0 fully saturated rings. The van der Waals surface area contributed by atoms with Gasteiger partial charge in [0, 0.05) is 24.6 Å². The Hall–Kier alpha value is -2.04. The van der Waals surface area contributed by atoms with Gasteiger partial charge in [-0.2, -0.15) is 0 Å². The zero-order valence-electron chi connectivity index (χ0n) is 13.0. The average Bonchev–Trinajstić information content (AvgIpc) is 2.42. The van der Waals surface area contributed by atoms with Crippen LogP contribution in [0.4, 0.5) is 0 Å². The van der Waals surface area contributed by atoms with E-state index in [2.05, 4.69) is 0 Å². The molecule has 0 bridgehead atoms. The van der Waals surface area contributed by atoms with Gasteiger partial charge in [0.2, 0.25) is 0 Å². The Labute approximate surface area is 125 Å². The Morgan fingerprint density at radius 3 is 2.52 bits per heavy atom. The second kappa shape index (κ2) is 7.67. The molecule has 0 aliphatic rings. The number of aliphatic carboxylic acids is 1. The Morgan fingerprint density at radius 1 is 1.33 bits per heavy atom. The lowest BCUT2D eigenvalue weighted by molar-refractivity contribution is -0.137. The van der Waals surface area contributed by atoms with Crippen LogP contribution in [0.5, 0.6) is 5.75 Å². The summed E-state index contributed by atoms with van der Waals surface area (Å²) in [5.74, 6) is -0.271. The van der Waals surface area contributed by atoms with Crippen molar-refractivity contribution >= 4 is 11.9 Å². The molecule has 0 aromatic heterocycles. The molecule has 0 spiro atoms. The third kappa shape index (κ3) is 4.77. The molecule has 116 valence electrons. The summed E-state index contributed by atoms with van der Waals surface area (Å²) < 4.78 is 5.24. The quantitative estimate of drug-likeness (QED) is 0.839. The molecule has 0 unspecified atom stereocenters. The topological polar surface area (TPSA) is 66.8 Å². The lowest BCUT2D eigenvalue weighted by atomic mass is 10.1. The average molecular weight is 293 g/mol. The van der Waals surface area contributed by atoms with E-state index in [1.54, 1.807) is 24.1 Å². The number of carboxylic acids is 1. The first-order valence-electron chi connectivity index (χ1n) is 7.04. The minimum Gasteiger partial charge on any atom is -0.496 e. The molecule has 1 aromatic carbocycles. The van der Waals surface area contributed by atoms with Gasteiger partial charge in [-0.25, -0.2) is 0 Å². The van der Waals surface area contributed by atoms with Crippen LogP contribution in [0, 0.1) is 6.92 Å². The third-order valence-corrected chi connectivity index (χ3v) is 3.33. The molecule has 0 saturated heterocycles. The molecule has 0 radical (unpaired) electrons. The maximum atomic E-state index is 12.6. The molecule has 21 heavy (non-hydrogen) atoms. The Balaban J connectivity index is 2.87. The van der Waals surface area contributed by atoms with Crippen LogP contribution in [0.1, 0.15) is 42.6 Å². The first-order chi connectivity index (χ1) is 9.86. The number of carboxylic acid groups (broad SMARTS) is 1. The van der Waals surface area contributed by atoms with E-state index >= 15 is 0 Å². The maximum Gasteiger partial charge on any atom is 0.303 e. The largest absolute Gasteiger partial charge is 0.496 e. The maximum absolute atomic E-state index is 12.6. The summed E-state index contributed by atoms with van der Waals surface area (Å²) in [6.45, 7) is 6.19. The van der Waals surface area contributed by atoms with E-state index in [1.165, 1.54) is 0 Å². The Bertz CT molecular complexity index is 511. The van der Waals surface area contributed by atoms with Crippen LogP contribution < -0.4 is 4.74 Å². The summed E-state index contributed by atoms with van der Waals surface area (Å²) in [6.07, 6.45) is 0.510. The van der Waals surface area contributed by atoms with E-state index < -0.39 is 5.97 Å². The van der Waals surface area contributed by atoms with Crippen LogP contribution in [0.15, 0.2) is 18.2 Å². The van der Waals surface area contributed by atoms with Gasteiger partial charge < -0.3 is 14.7 Å². The van der Waals surface area contributed by atoms with Crippen LogP contribution in [-0.2, 0) is 4.79 Å². The van der Waals surface area contributed by atoms with Crippen molar-refractivity contribution in [3.63, 3.8) is 0 Å². The highest BCUT2D eigenvalue weighted by atomic mass is 16.5. The Kier molecular flexibility index (Phi) is 6.21. The predicted octanol–water partition coefficient (Wildman–Crippen LogP) is 2.72. The van der Waals surface area contributed by atoms with E-state index in [1.807, 2.05) is 26.8 Å². The van der Waals surface area contributed by atoms with Crippen molar-refractivity contribution in [3.05, 3.63) is 29.3 Å². The number of aryl methyl sites for hydroxylation is 1. The monoisotopic (exact) mass is 293 g/mol. The van der Waals surface area contributed by atoms with Gasteiger partial charge in [0.1, 0.15) is 5.75 Å². The van der Waals surface area contributed by atoms with Gasteiger partial charge in [-0.05, 0) is 44.9 Å². The first-order valence-corrected chi connectivity index (χ1v) is 7.04. The van der Waals surface area contributed by atoms with Crippen molar-refractivity contribution in [1.29, 1.82) is 0 Å². The van der Waals surface area contributed by atoms with Crippen LogP contribution in [0.3, 0.4) is 0 Å². The van der Waals surface area contributed by atoms with E-state index in [9.17, 15) is 9.59 Å². The van der Waals surface area contributed by atoms with Crippen LogP contribution >= 0.6 is 0 Å². The van der Waals surface area contributed by atoms with Crippen molar-refractivity contribution in [3.8, 4) is 5.75 Å². The van der Waals surface area contributed by atoms with Crippen LogP contribution in [0.2, 0.25) is 0 Å². The number of carbonyl (C=O) groups excluding carboxylic acids is 1. The molecule has 5 nitrogen and oxygen atoms in total. The molecule has 1 amide bonds. The number of ether oxygens (including phenoxy) is 1. The van der Waals surface area contributed by atoms with Gasteiger partial charge >= 0.3 is 5.97 Å². The molecular formula is C16H23NO4. The van der Waals surface area contributed by atoms with Gasteiger partial charge in [0.15, 0.2) is 0 Å². The number of carbonyl (C=O) groups is 2. The third-order valence-electron chi connectivity index (χ3n) is 3.33. The molecule has 5 heteroatoms. The standard InChI is InChI=1S/C16H23NO4/c1-11(2)17(9-5-6-15(18)19)16(20)13-8-7-12(3)14(10-13)21-4/h7-8,10-11H,5-6,9H2,1-4H3,(H,18,19). The fraction of sp³-hybridized carbons (Fsp3) is 0.500. The molecule has 0 aliphatic carbocycles. The fourth-order valence-corrected chi connectivity index (χ4v) is 2.11. The zero-order valence-corrected chi connectivity index (χ0v) is 13.0. The zero-order chi connectivity index (χ0) is 16.0. The van der Waals surface area contributed by atoms with Crippen molar-refractivity contribution in [2.45, 2.75) is 39.7 Å². The highest BCUT2D eigenvalue weighted by molar-refractivity contribution is 5.95. The molecule has 1 aromatic rings. The second-order valence-corrected chi connectivity index (χ2v) is 5.27. The number of amides is 1. The van der Waals surface area contributed by atoms with Crippen LogP contribution in [0.25, 0.3) is 0 Å². The molecule has 0 saturated carbocycles. The first kappa shape index (κ1) is 17.0. The minimum absolute atomic E-state index is 0.0126. The minimum atomic E-state index is -0.844. The van der Waals surface area contributed by atoms with E-state index in [4.69, 9.17) is 9.84 Å². The van der Waals surface area contributed by atoms with Gasteiger partial charge in [-0.3, -0.25) is 9.59 Å². The van der Waals surface area contributed by atoms with Crippen molar-refractivity contribution in [2.75, 3.05) is 13.7 Å². The van der Waals surface area contributed by atoms with Crippen molar-refractivity contribution < 1.29 is 19.4 Å². The van der Waals surface area contributed by atoms with Crippen molar-refractivity contribution in [1.82, 2.24) is 4.90 Å². The SMILES string of the molecule is COc1cc(C(=O)N(CCCC(=O)O)C(C)C)ccc1C. The van der Waals surface area contributed by atoms with Crippen LogP contribution in [-0.4, -0.2) is 41.6 Å².